The maximum atomic E-state index is 12.1. The van der Waals surface area contributed by atoms with Gasteiger partial charge in [0.05, 0.1) is 4.90 Å². The molecule has 2 N–H and O–H groups in total. The molecule has 140 valence electrons. The Hall–Kier alpha value is -2.97. The van der Waals surface area contributed by atoms with Crippen molar-refractivity contribution in [2.45, 2.75) is 18.7 Å². The molecule has 0 aliphatic heterocycles. The molecule has 0 atom stereocenters. The number of anilines is 1. The molecule has 3 rings (SSSR count). The first-order valence-corrected chi connectivity index (χ1v) is 9.82. The average molecular weight is 385 g/mol. The van der Waals surface area contributed by atoms with Crippen LogP contribution in [-0.2, 0) is 14.8 Å². The number of carbonyl (C=O) groups is 1. The van der Waals surface area contributed by atoms with E-state index in [4.69, 9.17) is 4.42 Å². The van der Waals surface area contributed by atoms with Crippen LogP contribution in [0.15, 0.2) is 57.9 Å². The lowest BCUT2D eigenvalue weighted by atomic mass is 10.2. The Balaban J connectivity index is 1.66. The number of rotatable bonds is 6. The van der Waals surface area contributed by atoms with E-state index < -0.39 is 10.0 Å². The smallest absolute Gasteiger partial charge is 0.248 e. The van der Waals surface area contributed by atoms with Gasteiger partial charge in [-0.05, 0) is 42.0 Å². The van der Waals surface area contributed by atoms with Crippen LogP contribution < -0.4 is 10.0 Å². The molecule has 2 aromatic carbocycles. The summed E-state index contributed by atoms with van der Waals surface area (Å²) in [4.78, 5) is 16.5. The summed E-state index contributed by atoms with van der Waals surface area (Å²) in [5, 5.41) is 2.75. The van der Waals surface area contributed by atoms with E-state index >= 15 is 0 Å². The number of hydrogen-bond donors (Lipinski definition) is 2. The summed E-state index contributed by atoms with van der Waals surface area (Å²) < 4.78 is 31.6. The Morgan fingerprint density at radius 2 is 1.93 bits per heavy atom. The molecule has 1 heterocycles. The molecule has 1 amide bonds. The van der Waals surface area contributed by atoms with Crippen LogP contribution in [-0.4, -0.2) is 25.9 Å². The molecule has 0 bridgehead atoms. The Kier molecular flexibility index (Phi) is 5.38. The van der Waals surface area contributed by atoms with Crippen LogP contribution in [0.4, 0.5) is 5.69 Å². The average Bonchev–Trinajstić information content (AvgIpc) is 2.99. The predicted octanol–water partition coefficient (Wildman–Crippen LogP) is 3.09. The number of benzene rings is 2. The van der Waals surface area contributed by atoms with Crippen molar-refractivity contribution in [2.75, 3.05) is 11.9 Å². The second-order valence-corrected chi connectivity index (χ2v) is 7.58. The number of amides is 1. The van der Waals surface area contributed by atoms with Gasteiger partial charge in [-0.15, -0.1) is 0 Å². The monoisotopic (exact) mass is 385 g/mol. The minimum absolute atomic E-state index is 0.183. The zero-order valence-electron chi connectivity index (χ0n) is 14.9. The van der Waals surface area contributed by atoms with Gasteiger partial charge in [0, 0.05) is 25.2 Å². The molecule has 8 heteroatoms. The van der Waals surface area contributed by atoms with Crippen molar-refractivity contribution in [2.24, 2.45) is 0 Å². The van der Waals surface area contributed by atoms with Gasteiger partial charge in [0.15, 0.2) is 11.5 Å². The van der Waals surface area contributed by atoms with Gasteiger partial charge >= 0.3 is 0 Å². The van der Waals surface area contributed by atoms with E-state index in [0.29, 0.717) is 34.8 Å². The lowest BCUT2D eigenvalue weighted by molar-refractivity contribution is -0.111. The first-order valence-electron chi connectivity index (χ1n) is 8.33. The topological polar surface area (TPSA) is 101 Å². The van der Waals surface area contributed by atoms with Crippen molar-refractivity contribution < 1.29 is 17.6 Å². The van der Waals surface area contributed by atoms with Gasteiger partial charge in [-0.3, -0.25) is 4.79 Å². The lowest BCUT2D eigenvalue weighted by Gasteiger charge is -2.04. The van der Waals surface area contributed by atoms with Crippen molar-refractivity contribution in [3.05, 3.63) is 60.0 Å². The maximum absolute atomic E-state index is 12.1. The number of aryl methyl sites for hydroxylation is 1. The number of hydrogen-bond acceptors (Lipinski definition) is 5. The number of sulfonamides is 1. The molecule has 0 saturated carbocycles. The molecular weight excluding hydrogens is 366 g/mol. The highest BCUT2D eigenvalue weighted by Gasteiger charge is 2.11. The van der Waals surface area contributed by atoms with Crippen molar-refractivity contribution >= 4 is 38.8 Å². The summed E-state index contributed by atoms with van der Waals surface area (Å²) in [6.45, 7) is 3.80. The highest BCUT2D eigenvalue weighted by molar-refractivity contribution is 7.89. The Morgan fingerprint density at radius 1 is 1.19 bits per heavy atom. The number of aromatic nitrogens is 1. The summed E-state index contributed by atoms with van der Waals surface area (Å²) in [6.07, 6.45) is 2.99. The van der Waals surface area contributed by atoms with Gasteiger partial charge in [0.1, 0.15) is 5.52 Å². The summed E-state index contributed by atoms with van der Waals surface area (Å²) in [6, 6.07) is 11.5. The Morgan fingerprint density at radius 3 is 2.63 bits per heavy atom. The second kappa shape index (κ2) is 7.73. The van der Waals surface area contributed by atoms with Crippen LogP contribution in [0.3, 0.4) is 0 Å². The van der Waals surface area contributed by atoms with Crippen LogP contribution in [0.2, 0.25) is 0 Å². The number of nitrogens with one attached hydrogen (secondary N) is 2. The molecule has 0 aliphatic carbocycles. The van der Waals surface area contributed by atoms with Crippen molar-refractivity contribution in [1.29, 1.82) is 0 Å². The molecule has 7 nitrogen and oxygen atoms in total. The van der Waals surface area contributed by atoms with Gasteiger partial charge in [-0.25, -0.2) is 18.1 Å². The normalized spacial score (nSPS) is 11.9. The Bertz CT molecular complexity index is 1100. The maximum Gasteiger partial charge on any atom is 0.248 e. The highest BCUT2D eigenvalue weighted by atomic mass is 32.2. The first-order chi connectivity index (χ1) is 12.9. The van der Waals surface area contributed by atoms with E-state index in [1.807, 2.05) is 0 Å². The fourth-order valence-electron chi connectivity index (χ4n) is 2.51. The molecule has 0 unspecified atom stereocenters. The van der Waals surface area contributed by atoms with E-state index in [-0.39, 0.29) is 10.8 Å². The lowest BCUT2D eigenvalue weighted by Crippen LogP contribution is -2.22. The van der Waals surface area contributed by atoms with E-state index in [9.17, 15) is 13.2 Å². The molecule has 0 spiro atoms. The number of fused-ring (bicyclic) bond motifs is 1. The van der Waals surface area contributed by atoms with E-state index in [1.54, 1.807) is 50.3 Å². The molecule has 27 heavy (non-hydrogen) atoms. The third-order valence-electron chi connectivity index (χ3n) is 3.71. The van der Waals surface area contributed by atoms with Crippen molar-refractivity contribution in [3.8, 4) is 0 Å². The van der Waals surface area contributed by atoms with E-state index in [2.05, 4.69) is 15.0 Å². The van der Waals surface area contributed by atoms with Crippen LogP contribution in [0, 0.1) is 6.92 Å². The molecule has 0 aliphatic rings. The summed E-state index contributed by atoms with van der Waals surface area (Å²) in [7, 11) is -3.48. The second-order valence-electron chi connectivity index (χ2n) is 5.81. The largest absolute Gasteiger partial charge is 0.441 e. The minimum atomic E-state index is -3.48. The van der Waals surface area contributed by atoms with Crippen LogP contribution >= 0.6 is 0 Å². The zero-order chi connectivity index (χ0) is 19.4. The predicted molar refractivity (Wildman–Crippen MR) is 104 cm³/mol. The van der Waals surface area contributed by atoms with Gasteiger partial charge in [-0.1, -0.05) is 19.1 Å². The van der Waals surface area contributed by atoms with Gasteiger partial charge in [-0.2, -0.15) is 0 Å². The minimum Gasteiger partial charge on any atom is -0.441 e. The molecular formula is C19H19N3O4S. The van der Waals surface area contributed by atoms with Crippen LogP contribution in [0.5, 0.6) is 0 Å². The third-order valence-corrected chi connectivity index (χ3v) is 5.28. The molecule has 3 aromatic rings. The molecule has 0 saturated heterocycles. The fourth-order valence-corrected chi connectivity index (χ4v) is 3.55. The van der Waals surface area contributed by atoms with Crippen molar-refractivity contribution in [3.63, 3.8) is 0 Å². The third kappa shape index (κ3) is 4.60. The zero-order valence-corrected chi connectivity index (χ0v) is 15.7. The first kappa shape index (κ1) is 18.8. The standard InChI is InChI=1S/C19H19N3O4S/c1-3-20-27(24,25)16-8-4-14(5-9-16)6-11-19(23)22-15-7-10-18-17(12-15)21-13(2)26-18/h4-12,20H,3H2,1-2H3,(H,22,23)/b11-6+. The summed E-state index contributed by atoms with van der Waals surface area (Å²) >= 11 is 0. The van der Waals surface area contributed by atoms with Gasteiger partial charge < -0.3 is 9.73 Å². The quantitative estimate of drug-likeness (QED) is 0.635. The molecule has 0 fully saturated rings. The molecule has 1 aromatic heterocycles. The fraction of sp³-hybridized carbons (Fsp3) is 0.158. The van der Waals surface area contributed by atoms with Gasteiger partial charge in [0.25, 0.3) is 0 Å². The molecule has 0 radical (unpaired) electrons. The highest BCUT2D eigenvalue weighted by Crippen LogP contribution is 2.19. The summed E-state index contributed by atoms with van der Waals surface area (Å²) in [5.41, 5.74) is 2.65. The van der Waals surface area contributed by atoms with Crippen LogP contribution in [0.1, 0.15) is 18.4 Å². The number of nitrogens with zero attached hydrogens (tertiary/aromatic N) is 1. The van der Waals surface area contributed by atoms with Crippen LogP contribution in [0.25, 0.3) is 17.2 Å². The van der Waals surface area contributed by atoms with E-state index in [0.717, 1.165) is 0 Å². The number of carbonyl (C=O) groups excluding carboxylic acids is 1. The Labute approximate surface area is 157 Å². The van der Waals surface area contributed by atoms with E-state index in [1.165, 1.54) is 18.2 Å². The van der Waals surface area contributed by atoms with Crippen molar-refractivity contribution in [1.82, 2.24) is 9.71 Å². The number of oxazole rings is 1. The van der Waals surface area contributed by atoms with Gasteiger partial charge in [0.2, 0.25) is 15.9 Å². The SMILES string of the molecule is CCNS(=O)(=O)c1ccc(/C=C/C(=O)Nc2ccc3oc(C)nc3c2)cc1. The summed E-state index contributed by atoms with van der Waals surface area (Å²) in [5.74, 6) is 0.256.